The first kappa shape index (κ1) is 11.7. The van der Waals surface area contributed by atoms with Gasteiger partial charge in [-0.1, -0.05) is 0 Å². The van der Waals surface area contributed by atoms with Gasteiger partial charge in [0.1, 0.15) is 0 Å². The van der Waals surface area contributed by atoms with Crippen LogP contribution in [0.4, 0.5) is 4.79 Å². The largest absolute Gasteiger partial charge is 0.465 e. The average molecular weight is 249 g/mol. The Morgan fingerprint density at radius 3 is 2.31 bits per heavy atom. The molecule has 7 heteroatoms. The molecule has 4 atom stereocenters. The molecule has 2 unspecified atom stereocenters. The van der Waals surface area contributed by atoms with Crippen LogP contribution in [0.1, 0.15) is 6.92 Å². The average Bonchev–Trinajstić information content (AvgIpc) is 2.59. The van der Waals surface area contributed by atoms with Gasteiger partial charge in [-0.15, -0.1) is 0 Å². The third kappa shape index (κ3) is 2.15. The molecule has 1 aliphatic carbocycles. The van der Waals surface area contributed by atoms with Crippen LogP contribution in [-0.4, -0.2) is 50.0 Å². The fourth-order valence-corrected chi connectivity index (χ4v) is 3.44. The molecule has 0 spiro atoms. The normalized spacial score (nSPS) is 34.6. The number of piperidine rings is 1. The molecule has 0 bridgehead atoms. The zero-order valence-electron chi connectivity index (χ0n) is 9.16. The van der Waals surface area contributed by atoms with Crippen molar-refractivity contribution in [1.82, 2.24) is 4.90 Å². The molecule has 2 aliphatic rings. The number of carbonyl (C=O) groups is 1. The summed E-state index contributed by atoms with van der Waals surface area (Å²) in [7, 11) is -3.42. The third-order valence-corrected chi connectivity index (χ3v) is 4.05. The Kier molecular flexibility index (Phi) is 2.62. The molecule has 0 aromatic carbocycles. The minimum atomic E-state index is -3.42. The van der Waals surface area contributed by atoms with Gasteiger partial charge in [-0.05, 0) is 24.7 Å². The molecule has 1 heterocycles. The molecule has 16 heavy (non-hydrogen) atoms. The summed E-state index contributed by atoms with van der Waals surface area (Å²) in [6, 6.07) is 0. The molecule has 0 aromatic rings. The zero-order chi connectivity index (χ0) is 12.1. The van der Waals surface area contributed by atoms with Crippen LogP contribution in [-0.2, 0) is 14.3 Å². The van der Waals surface area contributed by atoms with Gasteiger partial charge in [0.25, 0.3) is 10.1 Å². The second-order valence-electron chi connectivity index (χ2n) is 4.60. The van der Waals surface area contributed by atoms with E-state index < -0.39 is 16.2 Å². The summed E-state index contributed by atoms with van der Waals surface area (Å²) >= 11 is 0. The highest BCUT2D eigenvalue weighted by Gasteiger charge is 2.59. The van der Waals surface area contributed by atoms with Gasteiger partial charge in [-0.3, -0.25) is 4.18 Å². The van der Waals surface area contributed by atoms with Gasteiger partial charge in [-0.25, -0.2) is 4.79 Å². The van der Waals surface area contributed by atoms with Crippen molar-refractivity contribution in [3.63, 3.8) is 0 Å². The van der Waals surface area contributed by atoms with E-state index >= 15 is 0 Å². The first-order chi connectivity index (χ1) is 7.29. The Hall–Kier alpha value is -0.820. The summed E-state index contributed by atoms with van der Waals surface area (Å²) < 4.78 is 26.8. The lowest BCUT2D eigenvalue weighted by Crippen LogP contribution is -2.32. The monoisotopic (exact) mass is 249 g/mol. The van der Waals surface area contributed by atoms with Gasteiger partial charge in [-0.2, -0.15) is 8.42 Å². The van der Waals surface area contributed by atoms with Crippen LogP contribution in [0.25, 0.3) is 0 Å². The smallest absolute Gasteiger partial charge is 0.407 e. The summed E-state index contributed by atoms with van der Waals surface area (Å²) in [5.74, 6) is 0.728. The molecule has 0 radical (unpaired) electrons. The predicted molar refractivity (Wildman–Crippen MR) is 55.5 cm³/mol. The summed E-state index contributed by atoms with van der Waals surface area (Å²) in [4.78, 5) is 12.0. The van der Waals surface area contributed by atoms with Crippen molar-refractivity contribution < 1.29 is 22.5 Å². The van der Waals surface area contributed by atoms with E-state index in [9.17, 15) is 13.2 Å². The maximum Gasteiger partial charge on any atom is 0.407 e. The lowest BCUT2D eigenvalue weighted by molar-refractivity contribution is 0.135. The maximum absolute atomic E-state index is 10.9. The molecule has 92 valence electrons. The van der Waals surface area contributed by atoms with Gasteiger partial charge >= 0.3 is 6.09 Å². The van der Waals surface area contributed by atoms with Gasteiger partial charge in [0.2, 0.25) is 0 Å². The molecule has 6 nitrogen and oxygen atoms in total. The van der Waals surface area contributed by atoms with E-state index in [0.29, 0.717) is 13.1 Å². The van der Waals surface area contributed by atoms with Crippen LogP contribution in [0.5, 0.6) is 0 Å². The summed E-state index contributed by atoms with van der Waals surface area (Å²) in [6.45, 7) is 2.74. The Bertz CT molecular complexity index is 394. The van der Waals surface area contributed by atoms with Crippen LogP contribution in [0.15, 0.2) is 0 Å². The SMILES string of the molecule is CC(OS(C)(=O)=O)C1[C@H]2CN(C(=O)O)C[C@@H]12. The number of carboxylic acid groups (broad SMARTS) is 1. The molecular weight excluding hydrogens is 234 g/mol. The number of hydrogen-bond donors (Lipinski definition) is 1. The molecule has 0 aromatic heterocycles. The lowest BCUT2D eigenvalue weighted by atomic mass is 10.2. The van der Waals surface area contributed by atoms with E-state index in [-0.39, 0.29) is 23.9 Å². The van der Waals surface area contributed by atoms with E-state index in [2.05, 4.69) is 0 Å². The molecule has 2 rings (SSSR count). The number of amides is 1. The molecule has 1 amide bonds. The Labute approximate surface area is 94.3 Å². The molecule has 2 fully saturated rings. The highest BCUT2D eigenvalue weighted by atomic mass is 32.2. The first-order valence-corrected chi connectivity index (χ1v) is 6.97. The maximum atomic E-state index is 10.9. The summed E-state index contributed by atoms with van der Waals surface area (Å²) in [5, 5.41) is 8.76. The quantitative estimate of drug-likeness (QED) is 0.723. The first-order valence-electron chi connectivity index (χ1n) is 5.15. The standard InChI is InChI=1S/C9H15NO5S/c1-5(15-16(2,13)14)8-6-3-10(9(11)12)4-7(6)8/h5-8H,3-4H2,1-2H3,(H,11,12)/t5?,6-,7+,8?. The topological polar surface area (TPSA) is 83.9 Å². The summed E-state index contributed by atoms with van der Waals surface area (Å²) in [5.41, 5.74) is 0. The van der Waals surface area contributed by atoms with Crippen molar-refractivity contribution in [1.29, 1.82) is 0 Å². The second kappa shape index (κ2) is 3.59. The molecule has 1 N–H and O–H groups in total. The minimum Gasteiger partial charge on any atom is -0.465 e. The van der Waals surface area contributed by atoms with Crippen molar-refractivity contribution in [2.75, 3.05) is 19.3 Å². The highest BCUT2D eigenvalue weighted by Crippen LogP contribution is 2.54. The molecule has 1 saturated carbocycles. The molecular formula is C9H15NO5S. The number of hydrogen-bond acceptors (Lipinski definition) is 4. The fourth-order valence-electron chi connectivity index (χ4n) is 2.76. The second-order valence-corrected chi connectivity index (χ2v) is 6.20. The van der Waals surface area contributed by atoms with Gasteiger partial charge < -0.3 is 10.0 Å². The van der Waals surface area contributed by atoms with Crippen molar-refractivity contribution in [2.24, 2.45) is 17.8 Å². The highest BCUT2D eigenvalue weighted by molar-refractivity contribution is 7.86. The Balaban J connectivity index is 1.88. The molecule has 1 saturated heterocycles. The number of nitrogens with zero attached hydrogens (tertiary/aromatic N) is 1. The van der Waals surface area contributed by atoms with E-state index in [1.165, 1.54) is 4.90 Å². The van der Waals surface area contributed by atoms with Crippen LogP contribution < -0.4 is 0 Å². The van der Waals surface area contributed by atoms with Crippen molar-refractivity contribution >= 4 is 16.2 Å². The number of likely N-dealkylation sites (tertiary alicyclic amines) is 1. The van der Waals surface area contributed by atoms with Crippen LogP contribution in [0, 0.1) is 17.8 Å². The van der Waals surface area contributed by atoms with E-state index in [1.807, 2.05) is 0 Å². The van der Waals surface area contributed by atoms with E-state index in [1.54, 1.807) is 6.92 Å². The number of rotatable bonds is 3. The van der Waals surface area contributed by atoms with Crippen LogP contribution in [0.3, 0.4) is 0 Å². The van der Waals surface area contributed by atoms with Crippen molar-refractivity contribution in [2.45, 2.75) is 13.0 Å². The van der Waals surface area contributed by atoms with E-state index in [0.717, 1.165) is 6.26 Å². The minimum absolute atomic E-state index is 0.185. The van der Waals surface area contributed by atoms with Crippen molar-refractivity contribution in [3.8, 4) is 0 Å². The van der Waals surface area contributed by atoms with Crippen LogP contribution >= 0.6 is 0 Å². The third-order valence-electron chi connectivity index (χ3n) is 3.40. The van der Waals surface area contributed by atoms with Gasteiger partial charge in [0.15, 0.2) is 0 Å². The Morgan fingerprint density at radius 1 is 1.44 bits per heavy atom. The summed E-state index contributed by atoms with van der Waals surface area (Å²) in [6.07, 6.45) is -0.214. The molecule has 1 aliphatic heterocycles. The van der Waals surface area contributed by atoms with Gasteiger partial charge in [0, 0.05) is 13.1 Å². The van der Waals surface area contributed by atoms with Gasteiger partial charge in [0.05, 0.1) is 12.4 Å². The Morgan fingerprint density at radius 2 is 1.94 bits per heavy atom. The van der Waals surface area contributed by atoms with Crippen molar-refractivity contribution in [3.05, 3.63) is 0 Å². The van der Waals surface area contributed by atoms with Crippen LogP contribution in [0.2, 0.25) is 0 Å². The van der Waals surface area contributed by atoms with E-state index in [4.69, 9.17) is 9.29 Å². The fraction of sp³-hybridized carbons (Fsp3) is 0.889. The lowest BCUT2D eigenvalue weighted by Gasteiger charge is -2.18. The predicted octanol–water partition coefficient (Wildman–Crippen LogP) is 0.207. The zero-order valence-corrected chi connectivity index (χ0v) is 9.98. The number of fused-ring (bicyclic) bond motifs is 1.